The van der Waals surface area contributed by atoms with Crippen molar-refractivity contribution in [1.82, 2.24) is 14.1 Å². The van der Waals surface area contributed by atoms with E-state index in [0.29, 0.717) is 11.6 Å². The van der Waals surface area contributed by atoms with Gasteiger partial charge in [0.1, 0.15) is 0 Å². The summed E-state index contributed by atoms with van der Waals surface area (Å²) >= 11 is 2.54. The van der Waals surface area contributed by atoms with Crippen molar-refractivity contribution < 1.29 is 24.1 Å². The van der Waals surface area contributed by atoms with Crippen molar-refractivity contribution in [3.05, 3.63) is 234 Å². The second kappa shape index (κ2) is 16.4. The van der Waals surface area contributed by atoms with Crippen molar-refractivity contribution in [2.75, 3.05) is 9.62 Å². The molecule has 0 atom stereocenters. The molecular weight excluding hydrogens is 1060 g/mol. The normalized spacial score (nSPS) is 12.9. The number of hydrogen-bond acceptors (Lipinski definition) is 4. The van der Waals surface area contributed by atoms with Crippen molar-refractivity contribution in [2.45, 2.75) is 26.2 Å². The maximum absolute atomic E-state index is 6.87. The molecule has 5 heterocycles. The summed E-state index contributed by atoms with van der Waals surface area (Å²) in [5.74, 6) is 2.12. The minimum atomic E-state index is -0.109. The Bertz CT molecular complexity index is 4060. The Morgan fingerprint density at radius 1 is 0.444 bits per heavy atom. The van der Waals surface area contributed by atoms with E-state index in [4.69, 9.17) is 9.72 Å². The first kappa shape index (κ1) is 42.6. The third kappa shape index (κ3) is 6.61. The van der Waals surface area contributed by atoms with Crippen molar-refractivity contribution in [3.63, 3.8) is 0 Å². The van der Waals surface area contributed by atoms with Crippen molar-refractivity contribution in [1.29, 1.82) is 0 Å². The molecule has 0 amide bonds. The molecular formula is C64H46BN5OPt. The van der Waals surface area contributed by atoms with E-state index in [1.807, 2.05) is 12.1 Å². The molecule has 0 saturated heterocycles. The second-order valence-electron chi connectivity index (χ2n) is 19.9. The molecule has 0 N–H and O–H groups in total. The second-order valence-corrected chi connectivity index (χ2v) is 20.9. The molecule has 0 aliphatic carbocycles. The van der Waals surface area contributed by atoms with Gasteiger partial charge in [0.25, 0.3) is 0 Å². The van der Waals surface area contributed by atoms with Gasteiger partial charge in [-0.1, -0.05) is 42.5 Å². The van der Waals surface area contributed by atoms with Gasteiger partial charge in [0.15, 0.2) is 0 Å². The fourth-order valence-corrected chi connectivity index (χ4v) is 12.4. The van der Waals surface area contributed by atoms with Crippen molar-refractivity contribution >= 4 is 46.4 Å². The zero-order valence-corrected chi connectivity index (χ0v) is 42.2. The number of hydrogen-bond donors (Lipinski definition) is 0. The van der Waals surface area contributed by atoms with E-state index < -0.39 is 0 Å². The van der Waals surface area contributed by atoms with E-state index in [2.05, 4.69) is 271 Å². The third-order valence-electron chi connectivity index (χ3n) is 14.6. The summed E-state index contributed by atoms with van der Waals surface area (Å²) in [7, 11) is 0. The van der Waals surface area contributed by atoms with Crippen LogP contribution in [0.15, 0.2) is 224 Å². The number of pyridine rings is 1. The Labute approximate surface area is 430 Å². The first-order valence-electron chi connectivity index (χ1n) is 24.6. The van der Waals surface area contributed by atoms with E-state index >= 15 is 0 Å². The summed E-state index contributed by atoms with van der Waals surface area (Å²) in [6.07, 6.45) is 0. The third-order valence-corrected chi connectivity index (χ3v) is 15.7. The predicted octanol–water partition coefficient (Wildman–Crippen LogP) is 15.6. The summed E-state index contributed by atoms with van der Waals surface area (Å²) in [4.78, 5) is 10.3. The first-order chi connectivity index (χ1) is 35.3. The van der Waals surface area contributed by atoms with Crippen molar-refractivity contribution in [3.8, 4) is 78.6 Å². The van der Waals surface area contributed by atoms with Gasteiger partial charge in [-0.25, -0.2) is 0 Å². The zero-order valence-electron chi connectivity index (χ0n) is 39.9. The quantitative estimate of drug-likeness (QED) is 0.149. The Morgan fingerprint density at radius 3 is 1.76 bits per heavy atom. The van der Waals surface area contributed by atoms with Crippen LogP contribution in [0.2, 0.25) is 0 Å². The minimum absolute atomic E-state index is 0.0710. The molecule has 8 heteroatoms. The fourth-order valence-electron chi connectivity index (χ4n) is 11.3. The van der Waals surface area contributed by atoms with Crippen LogP contribution in [0.1, 0.15) is 26.3 Å². The number of para-hydroxylation sites is 5. The number of nitrogens with zero attached hydrogens (tertiary/aromatic N) is 5. The van der Waals surface area contributed by atoms with Gasteiger partial charge in [-0.05, 0) is 17.7 Å². The van der Waals surface area contributed by atoms with Gasteiger partial charge in [-0.2, -0.15) is 0 Å². The van der Waals surface area contributed by atoms with Crippen LogP contribution >= 0.6 is 0 Å². The molecule has 11 aromatic rings. The Kier molecular flexibility index (Phi) is 9.71. The molecule has 72 heavy (non-hydrogen) atoms. The number of aromatic nitrogens is 3. The number of imidazole rings is 1. The van der Waals surface area contributed by atoms with Gasteiger partial charge in [0.05, 0.1) is 0 Å². The SMILES string of the molecule is CC(C)(C)c1cc(-c2ccccc2)c(-n2[c](=[Pt])n(-c3cccc(Oc4ccc5c(n4)N4B6c7c(cccc7-5)-c5ccccc5N6c5ccccc54)c3)c3ccccc32)c(-c2cccc(-c3ccccc3)c2)c1. The number of ether oxygens (including phenoxy) is 1. The van der Waals surface area contributed by atoms with Crippen LogP contribution in [-0.4, -0.2) is 21.1 Å². The van der Waals surface area contributed by atoms with Crippen LogP contribution in [0.4, 0.5) is 22.9 Å². The topological polar surface area (TPSA) is 38.5 Å². The van der Waals surface area contributed by atoms with Gasteiger partial charge in [-0.15, -0.1) is 0 Å². The van der Waals surface area contributed by atoms with Gasteiger partial charge < -0.3 is 0 Å². The Hall–Kier alpha value is -8.25. The molecule has 0 spiro atoms. The molecule has 0 radical (unpaired) electrons. The van der Waals surface area contributed by atoms with Gasteiger partial charge >= 0.3 is 361 Å². The molecule has 3 aliphatic heterocycles. The summed E-state index contributed by atoms with van der Waals surface area (Å²) in [5, 5.41) is 0. The Morgan fingerprint density at radius 2 is 1.01 bits per heavy atom. The molecule has 0 unspecified atom stereocenters. The molecule has 3 aliphatic rings. The standard InChI is InChI=1S/C64H46BN5O.Pt/c1-64(2,3)46-38-53(43-21-8-5-9-22-43)62(54(39-46)45-24-16-23-44(37-45)42-19-6-4-7-20-42)68-41-67(56-31-12-13-32-57(56)68)47-25-17-26-48(40-47)71-60-36-35-52-51-29-18-28-50-49-27-10-11-30-55(49)69-58-33-14-15-34-59(58)70(63(52)66-60)65(69)61(50)51;/h4-40H,1-3H3;. The average molecular weight is 1110 g/mol. The summed E-state index contributed by atoms with van der Waals surface area (Å²) in [6.45, 7) is 6.85. The molecule has 9 aromatic carbocycles. The monoisotopic (exact) mass is 1110 g/mol. The molecule has 0 bridgehead atoms. The van der Waals surface area contributed by atoms with Gasteiger partial charge in [0.2, 0.25) is 0 Å². The van der Waals surface area contributed by atoms with Gasteiger partial charge in [0, 0.05) is 11.3 Å². The van der Waals surface area contributed by atoms with Crippen molar-refractivity contribution in [2.24, 2.45) is 0 Å². The van der Waals surface area contributed by atoms with Crippen LogP contribution in [0.3, 0.4) is 0 Å². The average Bonchev–Trinajstić information content (AvgIpc) is 3.93. The van der Waals surface area contributed by atoms with Crippen LogP contribution < -0.4 is 19.8 Å². The van der Waals surface area contributed by atoms with Crippen LogP contribution in [0.5, 0.6) is 11.6 Å². The number of anilines is 4. The van der Waals surface area contributed by atoms with E-state index in [0.717, 1.165) is 54.4 Å². The van der Waals surface area contributed by atoms with E-state index in [1.165, 1.54) is 61.3 Å². The maximum atomic E-state index is 6.87. The summed E-state index contributed by atoms with van der Waals surface area (Å²) < 4.78 is 12.7. The van der Waals surface area contributed by atoms with Crippen LogP contribution in [0.25, 0.3) is 78.0 Å². The van der Waals surface area contributed by atoms with Crippen LogP contribution in [-0.2, 0) is 24.8 Å². The summed E-state index contributed by atoms with van der Waals surface area (Å²) in [6, 6.07) is 80.9. The Balaban J connectivity index is 0.914. The van der Waals surface area contributed by atoms with E-state index in [1.54, 1.807) is 0 Å². The molecule has 0 fully saturated rings. The van der Waals surface area contributed by atoms with Gasteiger partial charge in [-0.3, -0.25) is 0 Å². The number of benzene rings is 9. The predicted molar refractivity (Wildman–Crippen MR) is 292 cm³/mol. The first-order valence-corrected chi connectivity index (χ1v) is 25.7. The zero-order chi connectivity index (χ0) is 48.2. The molecule has 2 aromatic heterocycles. The number of rotatable bonds is 7. The van der Waals surface area contributed by atoms with E-state index in [9.17, 15) is 0 Å². The number of fused-ring (bicyclic) bond motifs is 10. The fraction of sp³-hybridized carbons (Fsp3) is 0.0625. The molecule has 6 nitrogen and oxygen atoms in total. The van der Waals surface area contributed by atoms with E-state index in [-0.39, 0.29) is 12.4 Å². The molecule has 14 rings (SSSR count). The van der Waals surface area contributed by atoms with Crippen LogP contribution in [0, 0.1) is 3.80 Å². The molecule has 0 saturated carbocycles. The molecule has 346 valence electrons. The summed E-state index contributed by atoms with van der Waals surface area (Å²) in [5.41, 5.74) is 22.1.